The molecule has 3 atom stereocenters. The zero-order valence-corrected chi connectivity index (χ0v) is 11.1. The standard InChI is InChI=1S/C17H23N/c1-3-5-7-10-16-13-12-15(9-6-4-2)17-11-8-14-18(16)17/h1-2,5,7,15-17H,6,8-14H2/b7-5-. The minimum absolute atomic E-state index is 0.712. The summed E-state index contributed by atoms with van der Waals surface area (Å²) in [7, 11) is 0. The summed E-state index contributed by atoms with van der Waals surface area (Å²) in [5, 5.41) is 0. The highest BCUT2D eigenvalue weighted by atomic mass is 15.2. The number of rotatable bonds is 4. The van der Waals surface area contributed by atoms with E-state index in [0.717, 1.165) is 24.8 Å². The molecule has 0 radical (unpaired) electrons. The molecule has 2 rings (SSSR count). The largest absolute Gasteiger partial charge is 0.297 e. The maximum Gasteiger partial charge on any atom is 0.0133 e. The molecule has 0 spiro atoms. The third-order valence-electron chi connectivity index (χ3n) is 4.51. The highest BCUT2D eigenvalue weighted by Crippen LogP contribution is 2.38. The Morgan fingerprint density at radius 2 is 2.11 bits per heavy atom. The zero-order chi connectivity index (χ0) is 12.8. The van der Waals surface area contributed by atoms with Crippen molar-refractivity contribution in [1.29, 1.82) is 0 Å². The normalized spacial score (nSPS) is 32.0. The van der Waals surface area contributed by atoms with Crippen molar-refractivity contribution in [2.45, 2.75) is 57.0 Å². The zero-order valence-electron chi connectivity index (χ0n) is 11.1. The fourth-order valence-corrected chi connectivity index (χ4v) is 3.69. The van der Waals surface area contributed by atoms with Crippen LogP contribution in [0.1, 0.15) is 44.9 Å². The number of fused-ring (bicyclic) bond motifs is 1. The molecular formula is C17H23N. The van der Waals surface area contributed by atoms with Crippen LogP contribution in [0.5, 0.6) is 0 Å². The van der Waals surface area contributed by atoms with Crippen molar-refractivity contribution in [3.63, 3.8) is 0 Å². The Morgan fingerprint density at radius 3 is 2.89 bits per heavy atom. The van der Waals surface area contributed by atoms with Crippen molar-refractivity contribution >= 4 is 0 Å². The molecule has 0 aliphatic carbocycles. The number of hydrogen-bond acceptors (Lipinski definition) is 1. The molecule has 0 aromatic carbocycles. The molecule has 96 valence electrons. The average Bonchev–Trinajstić information content (AvgIpc) is 2.87. The SMILES string of the molecule is C#C/C=C\CC1CCC(CCC#C)C2CCCN12. The van der Waals surface area contributed by atoms with Gasteiger partial charge in [-0.15, -0.1) is 18.8 Å². The predicted octanol–water partition coefficient (Wildman–Crippen LogP) is 3.22. The lowest BCUT2D eigenvalue weighted by Crippen LogP contribution is -2.47. The van der Waals surface area contributed by atoms with E-state index >= 15 is 0 Å². The quantitative estimate of drug-likeness (QED) is 0.683. The molecule has 3 unspecified atom stereocenters. The van der Waals surface area contributed by atoms with Crippen LogP contribution in [-0.2, 0) is 0 Å². The molecule has 18 heavy (non-hydrogen) atoms. The Morgan fingerprint density at radius 1 is 1.22 bits per heavy atom. The lowest BCUT2D eigenvalue weighted by atomic mass is 9.82. The molecule has 0 saturated carbocycles. The molecule has 0 aromatic rings. The summed E-state index contributed by atoms with van der Waals surface area (Å²) in [5.74, 6) is 6.21. The second kappa shape index (κ2) is 6.67. The van der Waals surface area contributed by atoms with Crippen molar-refractivity contribution in [2.24, 2.45) is 5.92 Å². The minimum atomic E-state index is 0.712. The molecule has 2 heterocycles. The van der Waals surface area contributed by atoms with Gasteiger partial charge in [-0.2, -0.15) is 0 Å². The Kier molecular flexibility index (Phi) is 4.91. The van der Waals surface area contributed by atoms with E-state index in [2.05, 4.69) is 22.8 Å². The van der Waals surface area contributed by atoms with Gasteiger partial charge in [0.2, 0.25) is 0 Å². The molecule has 1 nitrogen and oxygen atoms in total. The molecule has 2 aliphatic rings. The van der Waals surface area contributed by atoms with Crippen LogP contribution in [0, 0.1) is 30.6 Å². The average molecular weight is 241 g/mol. The molecule has 0 aromatic heterocycles. The monoisotopic (exact) mass is 241 g/mol. The van der Waals surface area contributed by atoms with Crippen molar-refractivity contribution in [3.8, 4) is 24.7 Å². The molecular weight excluding hydrogens is 218 g/mol. The number of piperidine rings is 1. The summed E-state index contributed by atoms with van der Waals surface area (Å²) in [4.78, 5) is 2.73. The van der Waals surface area contributed by atoms with Gasteiger partial charge in [-0.1, -0.05) is 12.0 Å². The predicted molar refractivity (Wildman–Crippen MR) is 76.9 cm³/mol. The van der Waals surface area contributed by atoms with Gasteiger partial charge in [0.25, 0.3) is 0 Å². The van der Waals surface area contributed by atoms with E-state index < -0.39 is 0 Å². The first-order valence-corrected chi connectivity index (χ1v) is 7.17. The van der Waals surface area contributed by atoms with Crippen LogP contribution in [0.15, 0.2) is 12.2 Å². The van der Waals surface area contributed by atoms with Gasteiger partial charge < -0.3 is 0 Å². The number of allylic oxidation sites excluding steroid dienone is 1. The van der Waals surface area contributed by atoms with E-state index in [1.54, 1.807) is 0 Å². The number of terminal acetylenes is 2. The van der Waals surface area contributed by atoms with Gasteiger partial charge in [-0.25, -0.2) is 0 Å². The van der Waals surface area contributed by atoms with Gasteiger partial charge in [0, 0.05) is 18.5 Å². The van der Waals surface area contributed by atoms with E-state index in [9.17, 15) is 0 Å². The molecule has 0 amide bonds. The fourth-order valence-electron chi connectivity index (χ4n) is 3.69. The van der Waals surface area contributed by atoms with Gasteiger partial charge in [-0.3, -0.25) is 4.90 Å². The summed E-state index contributed by atoms with van der Waals surface area (Å²) in [6, 6.07) is 1.50. The molecule has 0 bridgehead atoms. The van der Waals surface area contributed by atoms with E-state index in [1.165, 1.54) is 38.6 Å². The van der Waals surface area contributed by atoms with E-state index in [4.69, 9.17) is 12.8 Å². The molecule has 2 aliphatic heterocycles. The van der Waals surface area contributed by atoms with Crippen LogP contribution in [0.4, 0.5) is 0 Å². The topological polar surface area (TPSA) is 3.24 Å². The van der Waals surface area contributed by atoms with Crippen LogP contribution in [0.25, 0.3) is 0 Å². The second-order valence-corrected chi connectivity index (χ2v) is 5.49. The first kappa shape index (κ1) is 13.3. The maximum absolute atomic E-state index is 5.40. The third kappa shape index (κ3) is 2.98. The van der Waals surface area contributed by atoms with Crippen LogP contribution >= 0.6 is 0 Å². The first-order valence-electron chi connectivity index (χ1n) is 7.17. The van der Waals surface area contributed by atoms with Crippen molar-refractivity contribution in [3.05, 3.63) is 12.2 Å². The first-order chi connectivity index (χ1) is 8.86. The van der Waals surface area contributed by atoms with Crippen LogP contribution in [0.2, 0.25) is 0 Å². The van der Waals surface area contributed by atoms with Gasteiger partial charge in [0.1, 0.15) is 0 Å². The van der Waals surface area contributed by atoms with E-state index in [-0.39, 0.29) is 0 Å². The Balaban J connectivity index is 1.93. The minimum Gasteiger partial charge on any atom is -0.297 e. The Labute approximate surface area is 112 Å². The van der Waals surface area contributed by atoms with Crippen LogP contribution in [-0.4, -0.2) is 23.5 Å². The summed E-state index contributed by atoms with van der Waals surface area (Å²) in [6.45, 7) is 1.27. The number of hydrogen-bond donors (Lipinski definition) is 0. The van der Waals surface area contributed by atoms with Gasteiger partial charge in [0.15, 0.2) is 0 Å². The molecule has 1 heteroatoms. The molecule has 2 fully saturated rings. The van der Waals surface area contributed by atoms with E-state index in [1.807, 2.05) is 6.08 Å². The fraction of sp³-hybridized carbons (Fsp3) is 0.647. The lowest BCUT2D eigenvalue weighted by Gasteiger charge is -2.42. The lowest BCUT2D eigenvalue weighted by molar-refractivity contribution is 0.0719. The second-order valence-electron chi connectivity index (χ2n) is 5.49. The molecule has 2 saturated heterocycles. The van der Waals surface area contributed by atoms with Gasteiger partial charge in [0.05, 0.1) is 0 Å². The maximum atomic E-state index is 5.40. The van der Waals surface area contributed by atoms with Crippen LogP contribution < -0.4 is 0 Å². The van der Waals surface area contributed by atoms with Crippen molar-refractivity contribution < 1.29 is 0 Å². The summed E-state index contributed by atoms with van der Waals surface area (Å²) < 4.78 is 0. The smallest absolute Gasteiger partial charge is 0.0133 e. The Bertz CT molecular complexity index is 368. The third-order valence-corrected chi connectivity index (χ3v) is 4.51. The van der Waals surface area contributed by atoms with Gasteiger partial charge >= 0.3 is 0 Å². The van der Waals surface area contributed by atoms with E-state index in [0.29, 0.717) is 6.04 Å². The molecule has 0 N–H and O–H groups in total. The summed E-state index contributed by atoms with van der Waals surface area (Å²) in [5.41, 5.74) is 0. The van der Waals surface area contributed by atoms with Crippen molar-refractivity contribution in [2.75, 3.05) is 6.54 Å². The highest BCUT2D eigenvalue weighted by Gasteiger charge is 2.38. The highest BCUT2D eigenvalue weighted by molar-refractivity contribution is 5.10. The van der Waals surface area contributed by atoms with Crippen LogP contribution in [0.3, 0.4) is 0 Å². The summed E-state index contributed by atoms with van der Waals surface area (Å²) in [6.07, 6.45) is 23.3. The van der Waals surface area contributed by atoms with Crippen molar-refractivity contribution in [1.82, 2.24) is 4.90 Å². The number of nitrogens with zero attached hydrogens (tertiary/aromatic N) is 1. The summed E-state index contributed by atoms with van der Waals surface area (Å²) >= 11 is 0. The Hall–Kier alpha value is -1.18. The van der Waals surface area contributed by atoms with Gasteiger partial charge in [-0.05, 0) is 57.1 Å².